The summed E-state index contributed by atoms with van der Waals surface area (Å²) in [6.07, 6.45) is 2.63. The van der Waals surface area contributed by atoms with Gasteiger partial charge in [0.2, 0.25) is 5.91 Å². The first-order chi connectivity index (χ1) is 11.3. The lowest BCUT2D eigenvalue weighted by molar-refractivity contribution is -0.225. The van der Waals surface area contributed by atoms with E-state index in [9.17, 15) is 4.79 Å². The molecule has 1 aromatic rings. The van der Waals surface area contributed by atoms with E-state index in [1.807, 2.05) is 19.9 Å². The molecule has 1 saturated heterocycles. The summed E-state index contributed by atoms with van der Waals surface area (Å²) in [7, 11) is 0. The number of nitrogens with two attached hydrogens (primary N) is 1. The molecule has 1 aliphatic carbocycles. The molecule has 2 fully saturated rings. The van der Waals surface area contributed by atoms with Gasteiger partial charge in [0.15, 0.2) is 0 Å². The maximum absolute atomic E-state index is 12.8. The van der Waals surface area contributed by atoms with Crippen LogP contribution < -0.4 is 11.1 Å². The summed E-state index contributed by atoms with van der Waals surface area (Å²) >= 11 is 12.1. The van der Waals surface area contributed by atoms with Crippen molar-refractivity contribution in [2.24, 2.45) is 17.1 Å². The standard InChI is InChI=1S/C18H24Cl2N2O2.ClH/c1-17(2)15-13(4-3-9-24-15)18(17,21)16(23)22-8-7-11-5-6-12(19)10-14(11)20;/h5-6,10,13,15H,3-4,7-9,21H2,1-2H3,(H,22,23);1H. The van der Waals surface area contributed by atoms with Crippen LogP contribution in [-0.4, -0.2) is 30.7 Å². The highest BCUT2D eigenvalue weighted by Crippen LogP contribution is 2.57. The van der Waals surface area contributed by atoms with Crippen molar-refractivity contribution >= 4 is 41.5 Å². The van der Waals surface area contributed by atoms with Gasteiger partial charge in [-0.3, -0.25) is 4.79 Å². The summed E-state index contributed by atoms with van der Waals surface area (Å²) in [4.78, 5) is 12.8. The van der Waals surface area contributed by atoms with Gasteiger partial charge in [-0.1, -0.05) is 43.1 Å². The zero-order valence-electron chi connectivity index (χ0n) is 14.5. The number of hydrogen-bond acceptors (Lipinski definition) is 3. The van der Waals surface area contributed by atoms with Gasteiger partial charge in [0.1, 0.15) is 5.54 Å². The molecule has 25 heavy (non-hydrogen) atoms. The molecule has 0 bridgehead atoms. The van der Waals surface area contributed by atoms with Crippen LogP contribution in [0.5, 0.6) is 0 Å². The second kappa shape index (κ2) is 7.61. The first-order valence-electron chi connectivity index (χ1n) is 8.41. The predicted octanol–water partition coefficient (Wildman–Crippen LogP) is 3.61. The smallest absolute Gasteiger partial charge is 0.241 e. The number of hydrogen-bond donors (Lipinski definition) is 2. The van der Waals surface area contributed by atoms with Crippen molar-refractivity contribution in [1.29, 1.82) is 0 Å². The summed E-state index contributed by atoms with van der Waals surface area (Å²) in [6.45, 7) is 5.30. The first kappa shape index (κ1) is 20.8. The predicted molar refractivity (Wildman–Crippen MR) is 104 cm³/mol. The van der Waals surface area contributed by atoms with Crippen LogP contribution in [0.3, 0.4) is 0 Å². The highest BCUT2D eigenvalue weighted by Gasteiger charge is 2.70. The second-order valence-corrected chi connectivity index (χ2v) is 8.22. The third kappa shape index (κ3) is 3.40. The number of halogens is 3. The van der Waals surface area contributed by atoms with E-state index in [4.69, 9.17) is 33.7 Å². The molecule has 1 heterocycles. The molecular formula is C18H25Cl3N2O2. The van der Waals surface area contributed by atoms with Crippen molar-refractivity contribution in [2.75, 3.05) is 13.2 Å². The summed E-state index contributed by atoms with van der Waals surface area (Å²) < 4.78 is 5.85. The lowest BCUT2D eigenvalue weighted by atomic mass is 9.46. The Morgan fingerprint density at radius 3 is 2.80 bits per heavy atom. The summed E-state index contributed by atoms with van der Waals surface area (Å²) in [5.41, 5.74) is 6.30. The van der Waals surface area contributed by atoms with Crippen molar-refractivity contribution in [3.05, 3.63) is 33.8 Å². The molecular weight excluding hydrogens is 383 g/mol. The van der Waals surface area contributed by atoms with Crippen LogP contribution >= 0.6 is 35.6 Å². The van der Waals surface area contributed by atoms with Gasteiger partial charge in [-0.25, -0.2) is 0 Å². The maximum Gasteiger partial charge on any atom is 0.241 e. The van der Waals surface area contributed by atoms with Gasteiger partial charge in [-0.2, -0.15) is 0 Å². The molecule has 3 atom stereocenters. The number of nitrogens with one attached hydrogen (secondary N) is 1. The van der Waals surface area contributed by atoms with E-state index in [0.29, 0.717) is 23.0 Å². The number of carbonyl (C=O) groups is 1. The largest absolute Gasteiger partial charge is 0.377 e. The highest BCUT2D eigenvalue weighted by atomic mass is 35.5. The van der Waals surface area contributed by atoms with Gasteiger partial charge < -0.3 is 15.8 Å². The first-order valence-corrected chi connectivity index (χ1v) is 9.17. The van der Waals surface area contributed by atoms with Gasteiger partial charge in [0, 0.05) is 34.5 Å². The van der Waals surface area contributed by atoms with Crippen molar-refractivity contribution in [2.45, 2.75) is 44.8 Å². The van der Waals surface area contributed by atoms with Crippen LogP contribution in [-0.2, 0) is 16.0 Å². The number of carbonyl (C=O) groups excluding carboxylic acids is 1. The fraction of sp³-hybridized carbons (Fsp3) is 0.611. The van der Waals surface area contributed by atoms with Gasteiger partial charge in [0.05, 0.1) is 6.10 Å². The Balaban J connectivity index is 0.00000225. The zero-order chi connectivity index (χ0) is 17.5. The topological polar surface area (TPSA) is 64.3 Å². The molecule has 0 spiro atoms. The average molecular weight is 408 g/mol. The molecule has 7 heteroatoms. The molecule has 3 rings (SSSR count). The Labute approximate surface area is 165 Å². The third-order valence-corrected chi connectivity index (χ3v) is 6.34. The summed E-state index contributed by atoms with van der Waals surface area (Å²) in [5, 5.41) is 4.21. The Kier molecular flexibility index (Phi) is 6.33. The van der Waals surface area contributed by atoms with Crippen LogP contribution in [0.15, 0.2) is 18.2 Å². The van der Waals surface area contributed by atoms with Gasteiger partial charge in [-0.15, -0.1) is 12.4 Å². The molecule has 1 saturated carbocycles. The van der Waals surface area contributed by atoms with Crippen molar-refractivity contribution in [3.63, 3.8) is 0 Å². The zero-order valence-corrected chi connectivity index (χ0v) is 16.8. The SMILES string of the molecule is CC1(C)C2OCCCC2C1(N)C(=O)NCCc1ccc(Cl)cc1Cl.Cl. The van der Waals surface area contributed by atoms with Crippen LogP contribution in [0, 0.1) is 11.3 Å². The minimum Gasteiger partial charge on any atom is -0.377 e. The molecule has 0 aromatic heterocycles. The highest BCUT2D eigenvalue weighted by molar-refractivity contribution is 6.35. The van der Waals surface area contributed by atoms with Crippen molar-refractivity contribution < 1.29 is 9.53 Å². The number of amides is 1. The number of rotatable bonds is 4. The fourth-order valence-corrected chi connectivity index (χ4v) is 4.72. The number of benzene rings is 1. The summed E-state index contributed by atoms with van der Waals surface area (Å²) in [5.74, 6) is 0.00436. The Morgan fingerprint density at radius 2 is 2.12 bits per heavy atom. The Morgan fingerprint density at radius 1 is 1.40 bits per heavy atom. The fourth-order valence-electron chi connectivity index (χ4n) is 4.22. The number of ether oxygens (including phenoxy) is 1. The summed E-state index contributed by atoms with van der Waals surface area (Å²) in [6, 6.07) is 5.39. The minimum atomic E-state index is -0.873. The molecule has 2 aliphatic rings. The monoisotopic (exact) mass is 406 g/mol. The van der Waals surface area contributed by atoms with Gasteiger partial charge in [0.25, 0.3) is 0 Å². The molecule has 3 unspecified atom stereocenters. The van der Waals surface area contributed by atoms with Crippen LogP contribution in [0.4, 0.5) is 0 Å². The van der Waals surface area contributed by atoms with Crippen LogP contribution in [0.2, 0.25) is 10.0 Å². The normalized spacial score (nSPS) is 29.8. The van der Waals surface area contributed by atoms with E-state index in [2.05, 4.69) is 5.32 Å². The number of fused-ring (bicyclic) bond motifs is 1. The van der Waals surface area contributed by atoms with E-state index >= 15 is 0 Å². The maximum atomic E-state index is 12.8. The molecule has 4 nitrogen and oxygen atoms in total. The molecule has 1 amide bonds. The minimum absolute atomic E-state index is 0. The van der Waals surface area contributed by atoms with E-state index in [1.165, 1.54) is 0 Å². The van der Waals surface area contributed by atoms with E-state index in [0.717, 1.165) is 25.0 Å². The Hall–Kier alpha value is -0.520. The van der Waals surface area contributed by atoms with E-state index in [1.54, 1.807) is 12.1 Å². The van der Waals surface area contributed by atoms with Gasteiger partial charge >= 0.3 is 0 Å². The quantitative estimate of drug-likeness (QED) is 0.801. The van der Waals surface area contributed by atoms with Crippen LogP contribution in [0.25, 0.3) is 0 Å². The molecule has 1 aromatic carbocycles. The Bertz CT molecular complexity index is 653. The lowest BCUT2D eigenvalue weighted by Crippen LogP contribution is -2.82. The van der Waals surface area contributed by atoms with Crippen LogP contribution in [0.1, 0.15) is 32.3 Å². The molecule has 0 radical (unpaired) electrons. The molecule has 140 valence electrons. The van der Waals surface area contributed by atoms with Crippen molar-refractivity contribution in [1.82, 2.24) is 5.32 Å². The van der Waals surface area contributed by atoms with E-state index in [-0.39, 0.29) is 35.8 Å². The lowest BCUT2D eigenvalue weighted by Gasteiger charge is -2.65. The van der Waals surface area contributed by atoms with Crippen molar-refractivity contribution in [3.8, 4) is 0 Å². The molecule has 1 aliphatic heterocycles. The average Bonchev–Trinajstić information content (AvgIpc) is 2.55. The van der Waals surface area contributed by atoms with Gasteiger partial charge in [-0.05, 0) is 37.0 Å². The molecule has 3 N–H and O–H groups in total. The van der Waals surface area contributed by atoms with E-state index < -0.39 is 5.54 Å². The second-order valence-electron chi connectivity index (χ2n) is 7.37. The third-order valence-electron chi connectivity index (χ3n) is 5.76.